The fourth-order valence-corrected chi connectivity index (χ4v) is 3.54. The highest BCUT2D eigenvalue weighted by Crippen LogP contribution is 2.26. The predicted octanol–water partition coefficient (Wildman–Crippen LogP) is 3.32. The molecule has 0 saturated carbocycles. The molecule has 1 aromatic heterocycles. The Kier molecular flexibility index (Phi) is 5.57. The molecular formula is C22H23N3O4. The molecule has 1 fully saturated rings. The van der Waals surface area contributed by atoms with E-state index < -0.39 is 0 Å². The number of likely N-dealkylation sites (tertiary alicyclic amines) is 1. The van der Waals surface area contributed by atoms with Gasteiger partial charge in [0.2, 0.25) is 17.7 Å². The maximum Gasteiger partial charge on any atom is 0.248 e. The second kappa shape index (κ2) is 8.45. The Balaban J connectivity index is 1.35. The molecule has 3 aromatic rings. The molecule has 4 rings (SSSR count). The Morgan fingerprint density at radius 3 is 2.55 bits per heavy atom. The van der Waals surface area contributed by atoms with Gasteiger partial charge in [-0.2, -0.15) is 0 Å². The van der Waals surface area contributed by atoms with Crippen LogP contribution in [-0.2, 0) is 14.3 Å². The topological polar surface area (TPSA) is 84.7 Å². The summed E-state index contributed by atoms with van der Waals surface area (Å²) >= 11 is 0. The smallest absolute Gasteiger partial charge is 0.248 e. The standard InChI is InChI=1S/C22H23N3O4/c1-28-14-20(26)25-12-10-15(11-13-25)21(27)23-17-8-6-16(7-9-17)22-24-18-4-2-3-5-19(18)29-22/h2-9,15H,10-14H2,1H3,(H,23,27). The lowest BCUT2D eigenvalue weighted by Crippen LogP contribution is -2.42. The number of methoxy groups -OCH3 is 1. The van der Waals surface area contributed by atoms with Crippen LogP contribution < -0.4 is 5.32 Å². The van der Waals surface area contributed by atoms with E-state index in [1.807, 2.05) is 48.5 Å². The first-order chi connectivity index (χ1) is 14.1. The molecule has 2 heterocycles. The number of piperidine rings is 1. The Hall–Kier alpha value is -3.19. The SMILES string of the molecule is COCC(=O)N1CCC(C(=O)Nc2ccc(-c3nc4ccccc4o3)cc2)CC1. The Labute approximate surface area is 168 Å². The minimum Gasteiger partial charge on any atom is -0.436 e. The maximum absolute atomic E-state index is 12.6. The number of ether oxygens (including phenoxy) is 1. The first-order valence-corrected chi connectivity index (χ1v) is 9.67. The summed E-state index contributed by atoms with van der Waals surface area (Å²) in [4.78, 5) is 30.7. The van der Waals surface area contributed by atoms with Crippen LogP contribution in [0.15, 0.2) is 52.9 Å². The van der Waals surface area contributed by atoms with Crippen molar-refractivity contribution >= 4 is 28.6 Å². The van der Waals surface area contributed by atoms with E-state index in [2.05, 4.69) is 10.3 Å². The molecule has 1 N–H and O–H groups in total. The monoisotopic (exact) mass is 393 g/mol. The molecule has 0 unspecified atom stereocenters. The average Bonchev–Trinajstić information content (AvgIpc) is 3.19. The molecule has 7 heteroatoms. The molecule has 29 heavy (non-hydrogen) atoms. The van der Waals surface area contributed by atoms with Gasteiger partial charge in [0.15, 0.2) is 5.58 Å². The number of rotatable bonds is 5. The lowest BCUT2D eigenvalue weighted by molar-refractivity contribution is -0.138. The maximum atomic E-state index is 12.6. The molecular weight excluding hydrogens is 370 g/mol. The zero-order valence-corrected chi connectivity index (χ0v) is 16.3. The van der Waals surface area contributed by atoms with Crippen molar-refractivity contribution in [3.8, 4) is 11.5 Å². The summed E-state index contributed by atoms with van der Waals surface area (Å²) in [7, 11) is 1.51. The van der Waals surface area contributed by atoms with Crippen molar-refractivity contribution in [2.75, 3.05) is 32.1 Å². The summed E-state index contributed by atoms with van der Waals surface area (Å²) in [5.74, 6) is 0.412. The first-order valence-electron chi connectivity index (χ1n) is 9.67. The predicted molar refractivity (Wildman–Crippen MR) is 109 cm³/mol. The molecule has 0 radical (unpaired) electrons. The van der Waals surface area contributed by atoms with E-state index in [4.69, 9.17) is 9.15 Å². The second-order valence-electron chi connectivity index (χ2n) is 7.14. The van der Waals surface area contributed by atoms with Crippen LogP contribution in [-0.4, -0.2) is 48.5 Å². The van der Waals surface area contributed by atoms with Crippen LogP contribution in [0.25, 0.3) is 22.6 Å². The summed E-state index contributed by atoms with van der Waals surface area (Å²) in [5, 5.41) is 2.97. The van der Waals surface area contributed by atoms with Gasteiger partial charge in [0.05, 0.1) is 0 Å². The summed E-state index contributed by atoms with van der Waals surface area (Å²) in [6.45, 7) is 1.25. The number of aromatic nitrogens is 1. The third kappa shape index (κ3) is 4.30. The second-order valence-corrected chi connectivity index (χ2v) is 7.14. The van der Waals surface area contributed by atoms with E-state index in [1.54, 1.807) is 4.90 Å². The number of amides is 2. The molecule has 7 nitrogen and oxygen atoms in total. The Bertz CT molecular complexity index is 971. The van der Waals surface area contributed by atoms with Crippen molar-refractivity contribution in [3.63, 3.8) is 0 Å². The normalized spacial score (nSPS) is 14.9. The number of hydrogen-bond donors (Lipinski definition) is 1. The van der Waals surface area contributed by atoms with Crippen LogP contribution in [0.2, 0.25) is 0 Å². The number of para-hydroxylation sites is 2. The third-order valence-electron chi connectivity index (χ3n) is 5.18. The largest absolute Gasteiger partial charge is 0.436 e. The van der Waals surface area contributed by atoms with E-state index in [1.165, 1.54) is 7.11 Å². The zero-order valence-electron chi connectivity index (χ0n) is 16.3. The number of benzene rings is 2. The van der Waals surface area contributed by atoms with Gasteiger partial charge in [0.1, 0.15) is 12.1 Å². The number of nitrogens with zero attached hydrogens (tertiary/aromatic N) is 2. The highest BCUT2D eigenvalue weighted by molar-refractivity contribution is 5.93. The molecule has 1 aliphatic rings. The quantitative estimate of drug-likeness (QED) is 0.719. The minimum atomic E-state index is -0.0988. The van der Waals surface area contributed by atoms with Gasteiger partial charge in [-0.25, -0.2) is 4.98 Å². The number of carbonyl (C=O) groups is 2. The van der Waals surface area contributed by atoms with Crippen molar-refractivity contribution in [2.24, 2.45) is 5.92 Å². The summed E-state index contributed by atoms with van der Waals surface area (Å²) in [6.07, 6.45) is 1.31. The zero-order chi connectivity index (χ0) is 20.2. The van der Waals surface area contributed by atoms with Gasteiger partial charge in [-0.05, 0) is 49.2 Å². The summed E-state index contributed by atoms with van der Waals surface area (Å²) < 4.78 is 10.7. The Morgan fingerprint density at radius 2 is 1.86 bits per heavy atom. The number of nitrogens with one attached hydrogen (secondary N) is 1. The first kappa shape index (κ1) is 19.1. The van der Waals surface area contributed by atoms with Crippen LogP contribution in [0.5, 0.6) is 0 Å². The van der Waals surface area contributed by atoms with Crippen LogP contribution in [0.1, 0.15) is 12.8 Å². The number of oxazole rings is 1. The number of carbonyl (C=O) groups excluding carboxylic acids is 2. The van der Waals surface area contributed by atoms with Gasteiger partial charge in [-0.1, -0.05) is 12.1 Å². The summed E-state index contributed by atoms with van der Waals surface area (Å²) in [5.41, 5.74) is 3.14. The van der Waals surface area contributed by atoms with Crippen LogP contribution in [0, 0.1) is 5.92 Å². The number of fused-ring (bicyclic) bond motifs is 1. The number of anilines is 1. The van der Waals surface area contributed by atoms with Crippen molar-refractivity contribution in [1.82, 2.24) is 9.88 Å². The van der Waals surface area contributed by atoms with Gasteiger partial charge in [-0.15, -0.1) is 0 Å². The van der Waals surface area contributed by atoms with Gasteiger partial charge < -0.3 is 19.4 Å². The van der Waals surface area contributed by atoms with Crippen LogP contribution >= 0.6 is 0 Å². The van der Waals surface area contributed by atoms with Crippen molar-refractivity contribution < 1.29 is 18.7 Å². The van der Waals surface area contributed by atoms with Gasteiger partial charge in [0, 0.05) is 37.4 Å². The Morgan fingerprint density at radius 1 is 1.14 bits per heavy atom. The van der Waals surface area contributed by atoms with Crippen molar-refractivity contribution in [1.29, 1.82) is 0 Å². The van der Waals surface area contributed by atoms with Crippen LogP contribution in [0.4, 0.5) is 5.69 Å². The van der Waals surface area contributed by atoms with Crippen molar-refractivity contribution in [2.45, 2.75) is 12.8 Å². The molecule has 2 aromatic carbocycles. The molecule has 2 amide bonds. The fraction of sp³-hybridized carbons (Fsp3) is 0.318. The van der Waals surface area contributed by atoms with E-state index in [0.717, 1.165) is 22.4 Å². The lowest BCUT2D eigenvalue weighted by atomic mass is 9.95. The number of hydrogen-bond acceptors (Lipinski definition) is 5. The summed E-state index contributed by atoms with van der Waals surface area (Å²) in [6, 6.07) is 15.1. The molecule has 0 atom stereocenters. The third-order valence-corrected chi connectivity index (χ3v) is 5.18. The average molecular weight is 393 g/mol. The molecule has 0 spiro atoms. The highest BCUT2D eigenvalue weighted by atomic mass is 16.5. The van der Waals surface area contributed by atoms with E-state index in [-0.39, 0.29) is 24.3 Å². The van der Waals surface area contributed by atoms with E-state index in [9.17, 15) is 9.59 Å². The van der Waals surface area contributed by atoms with E-state index in [0.29, 0.717) is 31.8 Å². The van der Waals surface area contributed by atoms with Gasteiger partial charge in [0.25, 0.3) is 0 Å². The van der Waals surface area contributed by atoms with Gasteiger partial charge >= 0.3 is 0 Å². The highest BCUT2D eigenvalue weighted by Gasteiger charge is 2.27. The molecule has 1 aliphatic heterocycles. The van der Waals surface area contributed by atoms with Gasteiger partial charge in [-0.3, -0.25) is 9.59 Å². The van der Waals surface area contributed by atoms with Crippen LogP contribution in [0.3, 0.4) is 0 Å². The fourth-order valence-electron chi connectivity index (χ4n) is 3.54. The molecule has 150 valence electrons. The molecule has 0 bridgehead atoms. The van der Waals surface area contributed by atoms with E-state index >= 15 is 0 Å². The molecule has 1 saturated heterocycles. The molecule has 0 aliphatic carbocycles. The minimum absolute atomic E-state index is 0.0153. The van der Waals surface area contributed by atoms with Crippen molar-refractivity contribution in [3.05, 3.63) is 48.5 Å². The lowest BCUT2D eigenvalue weighted by Gasteiger charge is -2.31.